The Balaban J connectivity index is 1.92. The first-order chi connectivity index (χ1) is 8.65. The monoisotopic (exact) mass is 314 g/mol. The third-order valence-electron chi connectivity index (χ3n) is 3.12. The van der Waals surface area contributed by atoms with Gasteiger partial charge in [-0.1, -0.05) is 15.9 Å². The lowest BCUT2D eigenvalue weighted by Gasteiger charge is -2.21. The van der Waals surface area contributed by atoms with E-state index >= 15 is 0 Å². The minimum atomic E-state index is -0.323. The van der Waals surface area contributed by atoms with E-state index in [1.807, 2.05) is 0 Å². The number of ether oxygens (including phenoxy) is 1. The molecule has 0 radical (unpaired) electrons. The molecule has 1 saturated heterocycles. The van der Waals surface area contributed by atoms with E-state index in [0.29, 0.717) is 12.0 Å². The van der Waals surface area contributed by atoms with Crippen molar-refractivity contribution in [2.45, 2.75) is 38.2 Å². The molecule has 1 aliphatic rings. The van der Waals surface area contributed by atoms with Crippen LogP contribution in [0.4, 0.5) is 4.39 Å². The van der Waals surface area contributed by atoms with Crippen molar-refractivity contribution in [2.24, 2.45) is 0 Å². The Labute approximate surface area is 115 Å². The van der Waals surface area contributed by atoms with Gasteiger partial charge in [0, 0.05) is 23.9 Å². The average Bonchev–Trinajstić information content (AvgIpc) is 2.35. The highest BCUT2D eigenvalue weighted by atomic mass is 79.9. The van der Waals surface area contributed by atoms with Crippen LogP contribution in [0.5, 0.6) is 0 Å². The van der Waals surface area contributed by atoms with Gasteiger partial charge in [0.05, 0.1) is 6.10 Å². The summed E-state index contributed by atoms with van der Waals surface area (Å²) in [6.45, 7) is 0.739. The van der Waals surface area contributed by atoms with Gasteiger partial charge in [-0.05, 0) is 43.0 Å². The smallest absolute Gasteiger partial charge is 0.139 e. The van der Waals surface area contributed by atoms with Crippen LogP contribution in [0.3, 0.4) is 0 Å². The molecule has 0 bridgehead atoms. The topological polar surface area (TPSA) is 26.3 Å². The maximum atomic E-state index is 13.5. The molecule has 0 spiro atoms. The Hall–Kier alpha value is -0.740. The van der Waals surface area contributed by atoms with Crippen LogP contribution in [0, 0.1) is 5.82 Å². The van der Waals surface area contributed by atoms with Gasteiger partial charge in [0.1, 0.15) is 11.6 Å². The first-order valence-electron chi connectivity index (χ1n) is 6.22. The molecule has 98 valence electrons. The molecule has 4 heteroatoms. The Morgan fingerprint density at radius 2 is 2.28 bits per heavy atom. The minimum absolute atomic E-state index is 0.0291. The molecule has 1 heterocycles. The quantitative estimate of drug-likeness (QED) is 0.847. The highest BCUT2D eigenvalue weighted by molar-refractivity contribution is 9.10. The summed E-state index contributed by atoms with van der Waals surface area (Å²) in [6, 6.07) is 4.67. The lowest BCUT2D eigenvalue weighted by Crippen LogP contribution is -2.23. The van der Waals surface area contributed by atoms with Crippen LogP contribution in [0.15, 0.2) is 22.7 Å². The predicted octanol–water partition coefficient (Wildman–Crippen LogP) is 3.66. The molecule has 0 aliphatic carbocycles. The Kier molecular flexibility index (Phi) is 4.89. The first-order valence-corrected chi connectivity index (χ1v) is 7.01. The van der Waals surface area contributed by atoms with Crippen LogP contribution in [0.1, 0.15) is 31.2 Å². The van der Waals surface area contributed by atoms with Gasteiger partial charge >= 0.3 is 0 Å². The van der Waals surface area contributed by atoms with Gasteiger partial charge in [-0.2, -0.15) is 0 Å². The second-order valence-corrected chi connectivity index (χ2v) is 5.56. The zero-order valence-corrected chi connectivity index (χ0v) is 11.7. The van der Waals surface area contributed by atoms with E-state index in [0.717, 1.165) is 30.3 Å². The molecule has 1 unspecified atom stereocenters. The second-order valence-electron chi connectivity index (χ2n) is 4.64. The molecule has 2 nitrogen and oxygen atoms in total. The van der Waals surface area contributed by atoms with Crippen LogP contribution in [0.2, 0.25) is 0 Å². The number of ketones is 1. The SMILES string of the molecule is O=C(Cc1cc(Br)ccc1F)CC1CCCCO1. The normalized spacial score (nSPS) is 19.8. The molecule has 18 heavy (non-hydrogen) atoms. The van der Waals surface area contributed by atoms with Crippen molar-refractivity contribution in [3.63, 3.8) is 0 Å². The van der Waals surface area contributed by atoms with E-state index in [-0.39, 0.29) is 24.1 Å². The molecule has 0 amide bonds. The zero-order valence-electron chi connectivity index (χ0n) is 10.1. The predicted molar refractivity (Wildman–Crippen MR) is 71.0 cm³/mol. The van der Waals surface area contributed by atoms with Crippen LogP contribution in [0.25, 0.3) is 0 Å². The number of rotatable bonds is 4. The summed E-state index contributed by atoms with van der Waals surface area (Å²) in [4.78, 5) is 11.9. The van der Waals surface area contributed by atoms with Gasteiger partial charge in [-0.25, -0.2) is 4.39 Å². The molecule has 1 aliphatic heterocycles. The van der Waals surface area contributed by atoms with Crippen molar-refractivity contribution < 1.29 is 13.9 Å². The van der Waals surface area contributed by atoms with Crippen LogP contribution < -0.4 is 0 Å². The fourth-order valence-corrected chi connectivity index (χ4v) is 2.59. The Morgan fingerprint density at radius 3 is 3.00 bits per heavy atom. The van der Waals surface area contributed by atoms with Crippen molar-refractivity contribution in [1.82, 2.24) is 0 Å². The highest BCUT2D eigenvalue weighted by Crippen LogP contribution is 2.19. The molecule has 0 saturated carbocycles. The standard InChI is InChI=1S/C14H16BrFO2/c15-11-4-5-14(16)10(7-11)8-12(17)9-13-3-1-2-6-18-13/h4-5,7,13H,1-3,6,8-9H2. The van der Waals surface area contributed by atoms with E-state index in [9.17, 15) is 9.18 Å². The summed E-state index contributed by atoms with van der Waals surface area (Å²) < 4.78 is 19.8. The number of Topliss-reactive ketones (excluding diaryl/α,β-unsaturated/α-hetero) is 1. The van der Waals surface area contributed by atoms with E-state index in [2.05, 4.69) is 15.9 Å². The molecule has 0 N–H and O–H groups in total. The number of hydrogen-bond acceptors (Lipinski definition) is 2. The molecule has 2 rings (SSSR count). The van der Waals surface area contributed by atoms with Gasteiger partial charge in [0.2, 0.25) is 0 Å². The summed E-state index contributed by atoms with van der Waals surface area (Å²) >= 11 is 3.28. The Bertz CT molecular complexity index is 428. The van der Waals surface area contributed by atoms with Crippen molar-refractivity contribution in [1.29, 1.82) is 0 Å². The number of halogens is 2. The van der Waals surface area contributed by atoms with Crippen LogP contribution >= 0.6 is 15.9 Å². The van der Waals surface area contributed by atoms with Gasteiger partial charge in [0.25, 0.3) is 0 Å². The second kappa shape index (κ2) is 6.43. The highest BCUT2D eigenvalue weighted by Gasteiger charge is 2.18. The number of benzene rings is 1. The fourth-order valence-electron chi connectivity index (χ4n) is 2.19. The van der Waals surface area contributed by atoms with Crippen molar-refractivity contribution >= 4 is 21.7 Å². The summed E-state index contributed by atoms with van der Waals surface area (Å²) in [5.74, 6) is -0.282. The van der Waals surface area contributed by atoms with Crippen molar-refractivity contribution in [2.75, 3.05) is 6.61 Å². The molecule has 1 aromatic rings. The van der Waals surface area contributed by atoms with Gasteiger partial charge in [0.15, 0.2) is 0 Å². The average molecular weight is 315 g/mol. The molecular formula is C14H16BrFO2. The fraction of sp³-hybridized carbons (Fsp3) is 0.500. The first kappa shape index (κ1) is 13.7. The summed E-state index contributed by atoms with van der Waals surface area (Å²) in [6.07, 6.45) is 3.69. The molecule has 0 aromatic heterocycles. The van der Waals surface area contributed by atoms with E-state index in [4.69, 9.17) is 4.74 Å². The van der Waals surface area contributed by atoms with Crippen molar-refractivity contribution in [3.05, 3.63) is 34.1 Å². The lowest BCUT2D eigenvalue weighted by atomic mass is 10.00. The largest absolute Gasteiger partial charge is 0.378 e. The third-order valence-corrected chi connectivity index (χ3v) is 3.62. The van der Waals surface area contributed by atoms with E-state index in [1.165, 1.54) is 6.07 Å². The van der Waals surface area contributed by atoms with E-state index in [1.54, 1.807) is 12.1 Å². The Morgan fingerprint density at radius 1 is 1.44 bits per heavy atom. The van der Waals surface area contributed by atoms with E-state index < -0.39 is 0 Å². The van der Waals surface area contributed by atoms with Gasteiger partial charge < -0.3 is 4.74 Å². The molecular weight excluding hydrogens is 299 g/mol. The minimum Gasteiger partial charge on any atom is -0.378 e. The van der Waals surface area contributed by atoms with Crippen LogP contribution in [-0.4, -0.2) is 18.5 Å². The molecule has 1 fully saturated rings. The number of hydrogen-bond donors (Lipinski definition) is 0. The molecule has 1 atom stereocenters. The summed E-state index contributed by atoms with van der Waals surface area (Å²) in [5, 5.41) is 0. The molecule has 1 aromatic carbocycles. The number of carbonyl (C=O) groups is 1. The van der Waals surface area contributed by atoms with Crippen molar-refractivity contribution in [3.8, 4) is 0 Å². The summed E-state index contributed by atoms with van der Waals surface area (Å²) in [7, 11) is 0. The zero-order chi connectivity index (χ0) is 13.0. The lowest BCUT2D eigenvalue weighted by molar-refractivity contribution is -0.122. The van der Waals surface area contributed by atoms with Gasteiger partial charge in [-0.15, -0.1) is 0 Å². The number of carbonyl (C=O) groups excluding carboxylic acids is 1. The summed E-state index contributed by atoms with van der Waals surface area (Å²) in [5.41, 5.74) is 0.449. The van der Waals surface area contributed by atoms with Gasteiger partial charge in [-0.3, -0.25) is 4.79 Å². The van der Waals surface area contributed by atoms with Crippen LogP contribution in [-0.2, 0) is 16.0 Å². The third kappa shape index (κ3) is 3.89. The maximum Gasteiger partial charge on any atom is 0.139 e. The maximum absolute atomic E-state index is 13.5.